The fourth-order valence-electron chi connectivity index (χ4n) is 9.95. The van der Waals surface area contributed by atoms with Crippen molar-refractivity contribution in [3.05, 3.63) is 228 Å². The SMILES string of the molecule is CC(C)(C)c1ccc2[cH-]c(-c3ccccc3)cc2c1-c1cc(C(F)(F)F)cc(C(F)(F)F)c1.CC(C)(C)c1ccc2[cH-]c(-c3ccccc3)cc2c1-c1cc(C(F)(F)F)cc(C(F)(F)F)c1.[Cl][Zr][Cl].[c-]1cccc2c1[Si]c1ccccc1-2. The molecule has 0 amide bonds. The first-order chi connectivity index (χ1) is 38.4. The van der Waals surface area contributed by atoms with Crippen molar-refractivity contribution in [3.8, 4) is 55.6 Å². The minimum absolute atomic E-state index is 0.0992. The number of hydrogen-bond acceptors (Lipinski definition) is 0. The molecule has 1 heterocycles. The van der Waals surface area contributed by atoms with E-state index in [9.17, 15) is 52.7 Å². The molecule has 0 saturated carbocycles. The molecule has 0 aliphatic carbocycles. The zero-order valence-electron chi connectivity index (χ0n) is 44.7. The van der Waals surface area contributed by atoms with Crippen molar-refractivity contribution in [2.24, 2.45) is 0 Å². The molecule has 82 heavy (non-hydrogen) atoms. The topological polar surface area (TPSA) is 0 Å². The summed E-state index contributed by atoms with van der Waals surface area (Å²) in [4.78, 5) is 0. The molecule has 0 nitrogen and oxygen atoms in total. The van der Waals surface area contributed by atoms with Gasteiger partial charge in [-0.05, 0) is 80.6 Å². The van der Waals surface area contributed by atoms with Crippen LogP contribution >= 0.6 is 17.0 Å². The number of halogens is 14. The molecule has 0 N–H and O–H groups in total. The average Bonchev–Trinajstić information content (AvgIpc) is 4.21. The van der Waals surface area contributed by atoms with Crippen LogP contribution in [0.5, 0.6) is 0 Å². The third kappa shape index (κ3) is 14.2. The van der Waals surface area contributed by atoms with Crippen LogP contribution in [-0.4, -0.2) is 9.52 Å². The Morgan fingerprint density at radius 3 is 1.12 bits per heavy atom. The van der Waals surface area contributed by atoms with Crippen LogP contribution in [0.4, 0.5) is 52.7 Å². The third-order valence-corrected chi connectivity index (χ3v) is 15.1. The molecule has 1 aliphatic heterocycles. The molecule has 0 aromatic heterocycles. The second-order valence-electron chi connectivity index (χ2n) is 21.5. The second-order valence-corrected chi connectivity index (χ2v) is 26.5. The van der Waals surface area contributed by atoms with Gasteiger partial charge in [0.05, 0.1) is 31.8 Å². The zero-order valence-corrected chi connectivity index (χ0v) is 49.7. The van der Waals surface area contributed by atoms with Gasteiger partial charge in [0, 0.05) is 0 Å². The Morgan fingerprint density at radius 2 is 0.756 bits per heavy atom. The first kappa shape index (κ1) is 61.9. The van der Waals surface area contributed by atoms with E-state index in [1.165, 1.54) is 21.5 Å². The minimum Gasteiger partial charge on any atom is -0.184 e. The summed E-state index contributed by atoms with van der Waals surface area (Å²) in [5.41, 5.74) is 1.91. The summed E-state index contributed by atoms with van der Waals surface area (Å²) in [5, 5.41) is 5.57. The molecule has 0 unspecified atom stereocenters. The molecular weight excluding hydrogens is 1210 g/mol. The van der Waals surface area contributed by atoms with Gasteiger partial charge in [-0.2, -0.15) is 82.1 Å². The molecule has 0 spiro atoms. The molecule has 0 fully saturated rings. The molecule has 11 rings (SSSR count). The van der Waals surface area contributed by atoms with Crippen LogP contribution in [0.2, 0.25) is 0 Å². The van der Waals surface area contributed by atoms with Crippen molar-refractivity contribution in [3.63, 3.8) is 0 Å². The monoisotopic (exact) mass is 1260 g/mol. The molecule has 16 heteroatoms. The van der Waals surface area contributed by atoms with Gasteiger partial charge < -0.3 is 0 Å². The van der Waals surface area contributed by atoms with Crippen LogP contribution in [0.25, 0.3) is 77.2 Å². The summed E-state index contributed by atoms with van der Waals surface area (Å²) >= 11 is -0.826. The van der Waals surface area contributed by atoms with Crippen LogP contribution in [0.3, 0.4) is 0 Å². The van der Waals surface area contributed by atoms with Crippen LogP contribution in [-0.2, 0) is 56.4 Å². The number of fused-ring (bicyclic) bond motifs is 5. The van der Waals surface area contributed by atoms with Gasteiger partial charge in [-0.25, -0.2) is 0 Å². The number of hydrogen-bond donors (Lipinski definition) is 0. The molecule has 1 aliphatic rings. The van der Waals surface area contributed by atoms with Crippen molar-refractivity contribution in [1.29, 1.82) is 0 Å². The van der Waals surface area contributed by atoms with E-state index in [1.807, 2.05) is 145 Å². The van der Waals surface area contributed by atoms with Gasteiger partial charge in [0.2, 0.25) is 0 Å². The fraction of sp³-hybridized carbons (Fsp3) is 0.182. The summed E-state index contributed by atoms with van der Waals surface area (Å²) in [6, 6.07) is 55.4. The van der Waals surface area contributed by atoms with Crippen molar-refractivity contribution in [1.82, 2.24) is 0 Å². The Balaban J connectivity index is 0.000000169. The summed E-state index contributed by atoms with van der Waals surface area (Å²) in [6.45, 7) is 11.3. The van der Waals surface area contributed by atoms with Crippen LogP contribution < -0.4 is 10.4 Å². The normalized spacial score (nSPS) is 12.6. The Labute approximate surface area is 489 Å². The average molecular weight is 1260 g/mol. The molecule has 2 radical (unpaired) electrons. The van der Waals surface area contributed by atoms with E-state index in [2.05, 4.69) is 42.5 Å². The largest absolute Gasteiger partial charge is 0.184 e. The smallest absolute Gasteiger partial charge is 0.0920 e. The zero-order chi connectivity index (χ0) is 59.7. The molecule has 0 bridgehead atoms. The Kier molecular flexibility index (Phi) is 18.3. The van der Waals surface area contributed by atoms with Crippen molar-refractivity contribution < 1.29 is 73.5 Å². The predicted molar refractivity (Wildman–Crippen MR) is 306 cm³/mol. The second kappa shape index (κ2) is 24.2. The van der Waals surface area contributed by atoms with E-state index in [1.54, 1.807) is 12.1 Å². The van der Waals surface area contributed by atoms with Gasteiger partial charge in [-0.3, -0.25) is 0 Å². The van der Waals surface area contributed by atoms with E-state index in [-0.39, 0.29) is 23.3 Å². The third-order valence-electron chi connectivity index (χ3n) is 13.7. The standard InChI is InChI=1S/2C27H21F6.C12H7Si.2ClH.Zr/c2*1-25(2,3)23-10-9-17-11-18(16-7-5-4-6-8-16)14-22(17)24(23)19-12-20(26(28,29)30)15-21(13-19)27(31,32)33;1-3-7-11-9(5-1)10-6-2-4-8-12(10)13-11;;;/h2*4-15H,1-3H3;1-7H;2*1H;/q3*-1;;;+2/p-2. The van der Waals surface area contributed by atoms with Crippen molar-refractivity contribution >= 4 is 58.5 Å². The molecule has 0 atom stereocenters. The maximum Gasteiger partial charge on any atom is 0.0920 e. The van der Waals surface area contributed by atoms with Crippen LogP contribution in [0, 0.1) is 6.07 Å². The maximum absolute atomic E-state index is 13.6. The van der Waals surface area contributed by atoms with E-state index in [4.69, 9.17) is 17.0 Å². The van der Waals surface area contributed by atoms with E-state index >= 15 is 0 Å². The van der Waals surface area contributed by atoms with Gasteiger partial charge >= 0.3 is 62.6 Å². The predicted octanol–water partition coefficient (Wildman–Crippen LogP) is 21.0. The van der Waals surface area contributed by atoms with Crippen LogP contribution in [0.15, 0.2) is 188 Å². The summed E-state index contributed by atoms with van der Waals surface area (Å²) in [7, 11) is 10.7. The molecule has 422 valence electrons. The van der Waals surface area contributed by atoms with Crippen molar-refractivity contribution in [2.75, 3.05) is 0 Å². The first-order valence-electron chi connectivity index (χ1n) is 25.4. The quantitative estimate of drug-likeness (QED) is 0.0936. The Bertz CT molecular complexity index is 3540. The number of rotatable bonds is 4. The summed E-state index contributed by atoms with van der Waals surface area (Å²) in [6.07, 6.45) is -19.6. The van der Waals surface area contributed by atoms with Gasteiger partial charge in [0.1, 0.15) is 0 Å². The fourth-order valence-corrected chi connectivity index (χ4v) is 11.3. The molecule has 10 aromatic rings. The molecule has 10 aromatic carbocycles. The molecular formula is C66H49Cl2F12SiZr-3. The summed E-state index contributed by atoms with van der Waals surface area (Å²) < 4.78 is 163. The number of benzene rings is 8. The molecule has 0 saturated heterocycles. The minimum atomic E-state index is -4.91. The van der Waals surface area contributed by atoms with E-state index in [0.717, 1.165) is 66.8 Å². The van der Waals surface area contributed by atoms with E-state index in [0.29, 0.717) is 33.0 Å². The van der Waals surface area contributed by atoms with Crippen LogP contribution in [0.1, 0.15) is 74.9 Å². The van der Waals surface area contributed by atoms with Gasteiger partial charge in [0.25, 0.3) is 0 Å². The summed E-state index contributed by atoms with van der Waals surface area (Å²) in [5.74, 6) is 0. The Hall–Kier alpha value is -6.18. The number of alkyl halides is 12. The van der Waals surface area contributed by atoms with Crippen molar-refractivity contribution in [2.45, 2.75) is 77.1 Å². The van der Waals surface area contributed by atoms with E-state index < -0.39 is 78.6 Å². The first-order valence-corrected chi connectivity index (χ1v) is 32.7. The van der Waals surface area contributed by atoms with Gasteiger partial charge in [-0.1, -0.05) is 160 Å². The van der Waals surface area contributed by atoms with Gasteiger partial charge in [-0.15, -0.1) is 74.6 Å². The Morgan fingerprint density at radius 1 is 0.402 bits per heavy atom. The van der Waals surface area contributed by atoms with Gasteiger partial charge in [0.15, 0.2) is 0 Å². The maximum atomic E-state index is 13.6.